The van der Waals surface area contributed by atoms with Gasteiger partial charge in [0.15, 0.2) is 0 Å². The number of nitrogens with two attached hydrogens (primary N) is 1. The summed E-state index contributed by atoms with van der Waals surface area (Å²) in [5.74, 6) is 0.793. The zero-order valence-electron chi connectivity index (χ0n) is 9.10. The van der Waals surface area contributed by atoms with Crippen molar-refractivity contribution < 1.29 is 9.94 Å². The fourth-order valence-electron chi connectivity index (χ4n) is 1.84. The average molecular weight is 221 g/mol. The van der Waals surface area contributed by atoms with Gasteiger partial charge in [-0.2, -0.15) is 0 Å². The van der Waals surface area contributed by atoms with E-state index in [2.05, 4.69) is 5.59 Å². The molecule has 0 bridgehead atoms. The predicted octanol–water partition coefficient (Wildman–Crippen LogP) is 1.08. The number of hydrogen-bond donors (Lipinski definition) is 3. The summed E-state index contributed by atoms with van der Waals surface area (Å²) in [7, 11) is 1.63. The van der Waals surface area contributed by atoms with Crippen molar-refractivity contribution in [1.82, 2.24) is 4.68 Å². The molecule has 16 heavy (non-hydrogen) atoms. The molecule has 1 aromatic heterocycles. The highest BCUT2D eigenvalue weighted by Gasteiger charge is 2.08. The minimum absolute atomic E-state index is 0.571. The van der Waals surface area contributed by atoms with Crippen molar-refractivity contribution in [2.24, 2.45) is 5.73 Å². The lowest BCUT2D eigenvalue weighted by Crippen LogP contribution is -2.07. The minimum atomic E-state index is 0.571. The second-order valence-corrected chi connectivity index (χ2v) is 3.55. The van der Waals surface area contributed by atoms with E-state index >= 15 is 0 Å². The third-order valence-electron chi connectivity index (χ3n) is 2.62. The fourth-order valence-corrected chi connectivity index (χ4v) is 1.84. The number of hydrogen-bond acceptors (Lipinski definition) is 4. The Morgan fingerprint density at radius 3 is 2.94 bits per heavy atom. The molecule has 5 heteroatoms. The third kappa shape index (κ3) is 1.70. The Hall–Kier alpha value is -1.72. The maximum absolute atomic E-state index is 8.99. The number of aromatic nitrogens is 1. The van der Waals surface area contributed by atoms with Crippen molar-refractivity contribution in [3.63, 3.8) is 0 Å². The highest BCUT2D eigenvalue weighted by atomic mass is 16.5. The molecule has 0 aliphatic rings. The molecule has 0 unspecified atom stereocenters. The van der Waals surface area contributed by atoms with E-state index < -0.39 is 0 Å². The molecule has 5 nitrogen and oxygen atoms in total. The molecule has 1 aromatic carbocycles. The van der Waals surface area contributed by atoms with E-state index in [4.69, 9.17) is 15.7 Å². The van der Waals surface area contributed by atoms with E-state index in [-0.39, 0.29) is 0 Å². The number of ether oxygens (including phenoxy) is 1. The van der Waals surface area contributed by atoms with Crippen LogP contribution < -0.4 is 16.1 Å². The second-order valence-electron chi connectivity index (χ2n) is 3.55. The average Bonchev–Trinajstić information content (AvgIpc) is 2.67. The van der Waals surface area contributed by atoms with Gasteiger partial charge in [-0.1, -0.05) is 0 Å². The zero-order valence-corrected chi connectivity index (χ0v) is 9.10. The van der Waals surface area contributed by atoms with Crippen molar-refractivity contribution >= 4 is 10.9 Å². The van der Waals surface area contributed by atoms with Crippen LogP contribution in [-0.2, 0) is 6.42 Å². The molecule has 0 saturated carbocycles. The van der Waals surface area contributed by atoms with Crippen LogP contribution in [0.5, 0.6) is 5.75 Å². The van der Waals surface area contributed by atoms with E-state index in [0.717, 1.165) is 28.6 Å². The molecule has 0 aliphatic heterocycles. The molecular formula is C11H15N3O2. The highest BCUT2D eigenvalue weighted by molar-refractivity contribution is 5.85. The first kappa shape index (κ1) is 10.8. The molecule has 2 rings (SSSR count). The van der Waals surface area contributed by atoms with Gasteiger partial charge in [0, 0.05) is 11.6 Å². The Morgan fingerprint density at radius 1 is 1.50 bits per heavy atom. The summed E-state index contributed by atoms with van der Waals surface area (Å²) in [5, 5.41) is 10.0. The molecule has 86 valence electrons. The highest BCUT2D eigenvalue weighted by Crippen LogP contribution is 2.25. The monoisotopic (exact) mass is 221 g/mol. The van der Waals surface area contributed by atoms with Gasteiger partial charge >= 0.3 is 0 Å². The molecule has 1 heterocycles. The van der Waals surface area contributed by atoms with Crippen LogP contribution in [0.3, 0.4) is 0 Å². The Bertz CT molecular complexity index is 493. The Kier molecular flexibility index (Phi) is 2.98. The standard InChI is InChI=1S/C11H15N3O2/c1-16-9-2-3-11-10(6-9)8(4-5-12)7-14(11)13-15/h2-3,6-7,13,15H,4-5,12H2,1H3. The molecule has 0 radical (unpaired) electrons. The van der Waals surface area contributed by atoms with Gasteiger partial charge in [-0.15, -0.1) is 0 Å². The summed E-state index contributed by atoms with van der Waals surface area (Å²) >= 11 is 0. The number of rotatable bonds is 4. The van der Waals surface area contributed by atoms with E-state index in [0.29, 0.717) is 6.54 Å². The summed E-state index contributed by atoms with van der Waals surface area (Å²) in [4.78, 5) is 0. The summed E-state index contributed by atoms with van der Waals surface area (Å²) in [6, 6.07) is 5.67. The van der Waals surface area contributed by atoms with Crippen molar-refractivity contribution in [2.75, 3.05) is 19.2 Å². The summed E-state index contributed by atoms with van der Waals surface area (Å²) in [6.07, 6.45) is 2.59. The molecule has 0 fully saturated rings. The molecule has 2 aromatic rings. The first-order valence-corrected chi connectivity index (χ1v) is 5.08. The van der Waals surface area contributed by atoms with Crippen molar-refractivity contribution in [3.8, 4) is 5.75 Å². The van der Waals surface area contributed by atoms with Crippen LogP contribution in [0.25, 0.3) is 10.9 Å². The lowest BCUT2D eigenvalue weighted by atomic mass is 10.1. The molecule has 0 aliphatic carbocycles. The lowest BCUT2D eigenvalue weighted by molar-refractivity contribution is 0.322. The number of fused-ring (bicyclic) bond motifs is 1. The van der Waals surface area contributed by atoms with Crippen LogP contribution in [0.2, 0.25) is 0 Å². The third-order valence-corrected chi connectivity index (χ3v) is 2.62. The number of nitrogens with zero attached hydrogens (tertiary/aromatic N) is 1. The van der Waals surface area contributed by atoms with Crippen LogP contribution in [0.1, 0.15) is 5.56 Å². The molecule has 0 amide bonds. The van der Waals surface area contributed by atoms with Crippen molar-refractivity contribution in [2.45, 2.75) is 6.42 Å². The van der Waals surface area contributed by atoms with E-state index in [9.17, 15) is 0 Å². The van der Waals surface area contributed by atoms with Gasteiger partial charge < -0.3 is 10.5 Å². The first-order chi connectivity index (χ1) is 7.80. The lowest BCUT2D eigenvalue weighted by Gasteiger charge is -2.03. The predicted molar refractivity (Wildman–Crippen MR) is 62.4 cm³/mol. The maximum Gasteiger partial charge on any atom is 0.119 e. The SMILES string of the molecule is COc1ccc2c(c1)c(CCN)cn2NO. The molecule has 0 atom stereocenters. The Morgan fingerprint density at radius 2 is 2.31 bits per heavy atom. The van der Waals surface area contributed by atoms with Crippen molar-refractivity contribution in [3.05, 3.63) is 30.0 Å². The maximum atomic E-state index is 8.99. The van der Waals surface area contributed by atoms with Gasteiger partial charge in [0.05, 0.1) is 12.6 Å². The second kappa shape index (κ2) is 4.42. The molecule has 0 saturated heterocycles. The molecular weight excluding hydrogens is 206 g/mol. The Labute approximate surface area is 93.3 Å². The van der Waals surface area contributed by atoms with Crippen LogP contribution in [0.15, 0.2) is 24.4 Å². The number of benzene rings is 1. The number of methoxy groups -OCH3 is 1. The van der Waals surface area contributed by atoms with Crippen LogP contribution in [0.4, 0.5) is 0 Å². The molecule has 4 N–H and O–H groups in total. The van der Waals surface area contributed by atoms with Crippen LogP contribution in [0, 0.1) is 0 Å². The Balaban J connectivity index is 2.60. The largest absolute Gasteiger partial charge is 0.497 e. The van der Waals surface area contributed by atoms with E-state index in [1.807, 2.05) is 24.4 Å². The van der Waals surface area contributed by atoms with Gasteiger partial charge in [-0.05, 0) is 36.7 Å². The van der Waals surface area contributed by atoms with Gasteiger partial charge in [-0.3, -0.25) is 5.21 Å². The first-order valence-electron chi connectivity index (χ1n) is 5.08. The summed E-state index contributed by atoms with van der Waals surface area (Å²) < 4.78 is 6.73. The van der Waals surface area contributed by atoms with E-state index in [1.165, 1.54) is 0 Å². The van der Waals surface area contributed by atoms with Crippen LogP contribution >= 0.6 is 0 Å². The van der Waals surface area contributed by atoms with Gasteiger partial charge in [0.25, 0.3) is 0 Å². The minimum Gasteiger partial charge on any atom is -0.497 e. The quantitative estimate of drug-likeness (QED) is 0.676. The normalized spacial score (nSPS) is 10.7. The molecule has 0 spiro atoms. The van der Waals surface area contributed by atoms with E-state index in [1.54, 1.807) is 11.8 Å². The fraction of sp³-hybridized carbons (Fsp3) is 0.273. The summed E-state index contributed by atoms with van der Waals surface area (Å²) in [6.45, 7) is 0.571. The summed E-state index contributed by atoms with van der Waals surface area (Å²) in [5.41, 5.74) is 9.65. The zero-order chi connectivity index (χ0) is 11.5. The van der Waals surface area contributed by atoms with Gasteiger partial charge in [0.1, 0.15) is 5.75 Å². The number of nitrogens with one attached hydrogen (secondary N) is 1. The van der Waals surface area contributed by atoms with Crippen LogP contribution in [-0.4, -0.2) is 23.5 Å². The topological polar surface area (TPSA) is 72.4 Å². The van der Waals surface area contributed by atoms with Gasteiger partial charge in [-0.25, -0.2) is 10.3 Å². The van der Waals surface area contributed by atoms with Crippen molar-refractivity contribution in [1.29, 1.82) is 0 Å². The van der Waals surface area contributed by atoms with Gasteiger partial charge in [0.2, 0.25) is 0 Å². The smallest absolute Gasteiger partial charge is 0.119 e.